The van der Waals surface area contributed by atoms with E-state index in [0.717, 1.165) is 44.4 Å². The number of aromatic nitrogens is 5. The average molecular weight is 538 g/mol. The zero-order valence-corrected chi connectivity index (χ0v) is 22.5. The van der Waals surface area contributed by atoms with E-state index in [4.69, 9.17) is 15.1 Å². The van der Waals surface area contributed by atoms with Crippen molar-refractivity contribution < 1.29 is 0 Å². The van der Waals surface area contributed by atoms with Gasteiger partial charge in [-0.1, -0.05) is 109 Å². The topological polar surface area (TPSA) is 48.0 Å². The van der Waals surface area contributed by atoms with Crippen LogP contribution in [0, 0.1) is 0 Å². The summed E-state index contributed by atoms with van der Waals surface area (Å²) in [7, 11) is 0. The minimum absolute atomic E-state index is 0.575. The quantitative estimate of drug-likeness (QED) is 0.226. The Labute approximate surface area is 240 Å². The van der Waals surface area contributed by atoms with Gasteiger partial charge < -0.3 is 4.57 Å². The van der Waals surface area contributed by atoms with Gasteiger partial charge >= 0.3 is 0 Å². The van der Waals surface area contributed by atoms with Gasteiger partial charge in [-0.05, 0) is 41.1 Å². The van der Waals surface area contributed by atoms with E-state index < -0.39 is 0 Å². The summed E-state index contributed by atoms with van der Waals surface area (Å²) in [6.07, 6.45) is 0. The first-order valence-corrected chi connectivity index (χ1v) is 14.1. The molecule has 0 aliphatic rings. The van der Waals surface area contributed by atoms with Crippen LogP contribution in [0.5, 0.6) is 0 Å². The first-order valence-electron chi connectivity index (χ1n) is 14.1. The third-order valence-corrected chi connectivity index (χ3v) is 8.18. The van der Waals surface area contributed by atoms with E-state index in [2.05, 4.69) is 114 Å². The fourth-order valence-electron chi connectivity index (χ4n) is 6.34. The van der Waals surface area contributed by atoms with Crippen molar-refractivity contribution in [3.05, 3.63) is 140 Å². The highest BCUT2D eigenvalue weighted by Gasteiger charge is 2.20. The van der Waals surface area contributed by atoms with Gasteiger partial charge in [-0.3, -0.25) is 0 Å². The summed E-state index contributed by atoms with van der Waals surface area (Å²) in [5.74, 6) is 1.21. The van der Waals surface area contributed by atoms with Gasteiger partial charge in [0.2, 0.25) is 0 Å². The fraction of sp³-hybridized carbons (Fsp3) is 0. The van der Waals surface area contributed by atoms with E-state index in [1.165, 1.54) is 21.5 Å². The van der Waals surface area contributed by atoms with Crippen LogP contribution in [0.25, 0.3) is 77.6 Å². The van der Waals surface area contributed by atoms with Crippen LogP contribution < -0.4 is 0 Å². The van der Waals surface area contributed by atoms with E-state index in [9.17, 15) is 0 Å². The van der Waals surface area contributed by atoms with Crippen molar-refractivity contribution in [1.29, 1.82) is 0 Å². The van der Waals surface area contributed by atoms with Crippen LogP contribution in [0.15, 0.2) is 140 Å². The molecule has 9 aromatic rings. The molecule has 196 valence electrons. The normalized spacial score (nSPS) is 11.8. The summed E-state index contributed by atoms with van der Waals surface area (Å²) in [5, 5.41) is 11.0. The molecule has 0 spiro atoms. The monoisotopic (exact) mass is 537 g/mol. The molecule has 5 nitrogen and oxygen atoms in total. The molecule has 6 aromatic carbocycles. The number of rotatable bonds is 3. The maximum atomic E-state index is 5.06. The van der Waals surface area contributed by atoms with Crippen molar-refractivity contribution in [1.82, 2.24) is 24.1 Å². The third kappa shape index (κ3) is 3.28. The SMILES string of the molecule is c1ccc(-c2nc3nc(-c4ccccc4-n4c5ccccc5c5c6ccccc6ccc54)nn3c3ccccc23)cc1. The first-order chi connectivity index (χ1) is 20.8. The molecule has 0 saturated carbocycles. The number of para-hydroxylation sites is 3. The van der Waals surface area contributed by atoms with Gasteiger partial charge in [-0.15, -0.1) is 5.10 Å². The summed E-state index contributed by atoms with van der Waals surface area (Å²) >= 11 is 0. The molecule has 0 aliphatic heterocycles. The second-order valence-electron chi connectivity index (χ2n) is 10.5. The van der Waals surface area contributed by atoms with Gasteiger partial charge in [0.1, 0.15) is 0 Å². The van der Waals surface area contributed by atoms with Crippen LogP contribution >= 0.6 is 0 Å². The second kappa shape index (κ2) is 8.85. The molecule has 0 fully saturated rings. The summed E-state index contributed by atoms with van der Waals surface area (Å²) in [4.78, 5) is 10.1. The summed E-state index contributed by atoms with van der Waals surface area (Å²) in [5.41, 5.74) is 7.21. The molecule has 42 heavy (non-hydrogen) atoms. The smallest absolute Gasteiger partial charge is 0.253 e. The van der Waals surface area contributed by atoms with Gasteiger partial charge in [0.25, 0.3) is 5.78 Å². The molecule has 0 saturated heterocycles. The Balaban J connectivity index is 1.33. The predicted octanol–water partition coefficient (Wildman–Crippen LogP) is 8.86. The predicted molar refractivity (Wildman–Crippen MR) is 171 cm³/mol. The van der Waals surface area contributed by atoms with E-state index in [1.54, 1.807) is 0 Å². The molecular formula is C37H23N5. The number of hydrogen-bond acceptors (Lipinski definition) is 3. The molecule has 0 aliphatic carbocycles. The van der Waals surface area contributed by atoms with Crippen molar-refractivity contribution >= 4 is 49.3 Å². The van der Waals surface area contributed by atoms with Crippen LogP contribution in [-0.4, -0.2) is 24.1 Å². The lowest BCUT2D eigenvalue weighted by molar-refractivity contribution is 0.987. The number of fused-ring (bicyclic) bond motifs is 8. The largest absolute Gasteiger partial charge is 0.308 e. The highest BCUT2D eigenvalue weighted by molar-refractivity contribution is 6.21. The number of hydrogen-bond donors (Lipinski definition) is 0. The molecule has 3 heterocycles. The molecule has 0 atom stereocenters. The molecular weight excluding hydrogens is 514 g/mol. The Morgan fingerprint density at radius 2 is 1.17 bits per heavy atom. The summed E-state index contributed by atoms with van der Waals surface area (Å²) < 4.78 is 4.21. The lowest BCUT2D eigenvalue weighted by Crippen LogP contribution is -1.98. The lowest BCUT2D eigenvalue weighted by Gasteiger charge is -2.12. The highest BCUT2D eigenvalue weighted by atomic mass is 15.3. The molecule has 0 radical (unpaired) electrons. The van der Waals surface area contributed by atoms with Gasteiger partial charge in [0.15, 0.2) is 5.82 Å². The van der Waals surface area contributed by atoms with Gasteiger partial charge in [-0.2, -0.15) is 9.50 Å². The molecule has 0 amide bonds. The zero-order valence-electron chi connectivity index (χ0n) is 22.5. The molecule has 0 bridgehead atoms. The molecule has 5 heteroatoms. The zero-order chi connectivity index (χ0) is 27.6. The van der Waals surface area contributed by atoms with Crippen LogP contribution in [-0.2, 0) is 0 Å². The minimum Gasteiger partial charge on any atom is -0.308 e. The van der Waals surface area contributed by atoms with E-state index in [0.29, 0.717) is 11.6 Å². The molecule has 9 rings (SSSR count). The van der Waals surface area contributed by atoms with Crippen molar-refractivity contribution in [2.75, 3.05) is 0 Å². The van der Waals surface area contributed by atoms with Crippen LogP contribution in [0.4, 0.5) is 0 Å². The summed E-state index contributed by atoms with van der Waals surface area (Å²) in [6.45, 7) is 0. The molecule has 3 aromatic heterocycles. The van der Waals surface area contributed by atoms with E-state index >= 15 is 0 Å². The van der Waals surface area contributed by atoms with Crippen molar-refractivity contribution in [3.63, 3.8) is 0 Å². The lowest BCUT2D eigenvalue weighted by atomic mass is 10.0. The van der Waals surface area contributed by atoms with Crippen LogP contribution in [0.3, 0.4) is 0 Å². The molecule has 0 N–H and O–H groups in total. The maximum absolute atomic E-state index is 5.06. The Hall–Kier alpha value is -5.81. The van der Waals surface area contributed by atoms with Crippen molar-refractivity contribution in [2.45, 2.75) is 0 Å². The van der Waals surface area contributed by atoms with E-state index in [-0.39, 0.29) is 0 Å². The average Bonchev–Trinajstić information content (AvgIpc) is 3.64. The van der Waals surface area contributed by atoms with Gasteiger partial charge in [-0.25, -0.2) is 4.98 Å². The Bertz CT molecular complexity index is 2470. The first kappa shape index (κ1) is 22.9. The van der Waals surface area contributed by atoms with Crippen LogP contribution in [0.2, 0.25) is 0 Å². The second-order valence-corrected chi connectivity index (χ2v) is 10.5. The van der Waals surface area contributed by atoms with Gasteiger partial charge in [0, 0.05) is 27.3 Å². The highest BCUT2D eigenvalue weighted by Crippen LogP contribution is 2.39. The van der Waals surface area contributed by atoms with E-state index in [1.807, 2.05) is 34.8 Å². The minimum atomic E-state index is 0.575. The Morgan fingerprint density at radius 1 is 0.476 bits per heavy atom. The van der Waals surface area contributed by atoms with Gasteiger partial charge in [0.05, 0.1) is 27.9 Å². The number of benzene rings is 6. The third-order valence-electron chi connectivity index (χ3n) is 8.18. The standard InChI is InChI=1S/C37H23N5/c1-2-13-25(14-3-1)35-28-17-7-11-21-32(28)42-37(38-35)39-36(40-42)29-18-8-10-20-31(29)41-30-19-9-6-16-27(30)34-26-15-5-4-12-24(26)22-23-33(34)41/h1-23H. The fourth-order valence-corrected chi connectivity index (χ4v) is 6.34. The van der Waals surface area contributed by atoms with Crippen molar-refractivity contribution in [3.8, 4) is 28.3 Å². The number of nitrogens with zero attached hydrogens (tertiary/aromatic N) is 5. The Kier molecular flexibility index (Phi) is 4.83. The van der Waals surface area contributed by atoms with Crippen LogP contribution in [0.1, 0.15) is 0 Å². The molecule has 0 unspecified atom stereocenters. The summed E-state index contributed by atoms with van der Waals surface area (Å²) in [6, 6.07) is 48.6. The maximum Gasteiger partial charge on any atom is 0.253 e. The van der Waals surface area contributed by atoms with Crippen molar-refractivity contribution in [2.24, 2.45) is 0 Å². The Morgan fingerprint density at radius 3 is 2.05 bits per heavy atom.